The van der Waals surface area contributed by atoms with E-state index < -0.39 is 22.2 Å². The third kappa shape index (κ3) is 4.00. The Morgan fingerprint density at radius 1 is 1.33 bits per heavy atom. The Kier molecular flexibility index (Phi) is 5.27. The molecule has 130 valence electrons. The zero-order valence-corrected chi connectivity index (χ0v) is 13.7. The maximum absolute atomic E-state index is 12.2. The second kappa shape index (κ2) is 7.41. The third-order valence-corrected chi connectivity index (χ3v) is 5.36. The molecular formula is C15H20N4O4S. The second-order valence-corrected chi connectivity index (χ2v) is 7.36. The molecule has 1 saturated heterocycles. The van der Waals surface area contributed by atoms with Gasteiger partial charge in [-0.15, -0.1) is 0 Å². The summed E-state index contributed by atoms with van der Waals surface area (Å²) in [6.45, 7) is 0.848. The molecular weight excluding hydrogens is 332 g/mol. The molecule has 3 atom stereocenters. The molecule has 1 aliphatic heterocycles. The van der Waals surface area contributed by atoms with E-state index in [1.807, 2.05) is 0 Å². The van der Waals surface area contributed by atoms with Crippen molar-refractivity contribution in [1.82, 2.24) is 20.0 Å². The molecule has 24 heavy (non-hydrogen) atoms. The second-order valence-electron chi connectivity index (χ2n) is 5.59. The minimum Gasteiger partial charge on any atom is -0.389 e. The largest absolute Gasteiger partial charge is 0.389 e. The van der Waals surface area contributed by atoms with Crippen molar-refractivity contribution < 1.29 is 18.3 Å². The highest BCUT2D eigenvalue weighted by Gasteiger charge is 2.36. The van der Waals surface area contributed by atoms with Crippen molar-refractivity contribution in [2.24, 2.45) is 0 Å². The molecule has 2 heterocycles. The average molecular weight is 352 g/mol. The van der Waals surface area contributed by atoms with E-state index in [1.54, 1.807) is 30.7 Å². The normalized spacial score (nSPS) is 24.3. The number of aromatic nitrogens is 2. The van der Waals surface area contributed by atoms with E-state index >= 15 is 0 Å². The summed E-state index contributed by atoms with van der Waals surface area (Å²) in [7, 11) is -3.61. The van der Waals surface area contributed by atoms with Crippen molar-refractivity contribution in [1.29, 1.82) is 0 Å². The number of aliphatic hydroxyl groups is 1. The number of nitrogens with one attached hydrogen (secondary N) is 3. The third-order valence-electron chi connectivity index (χ3n) is 3.92. The lowest BCUT2D eigenvalue weighted by Crippen LogP contribution is -2.44. The average Bonchev–Trinajstić information content (AvgIpc) is 3.22. The lowest BCUT2D eigenvalue weighted by molar-refractivity contribution is 0.0443. The standard InChI is InChI=1S/C15H20N4O4S/c20-15-13(17-7-11-6-16-10-18-11)9-23-14(15)8-19-24(21,22)12-4-2-1-3-5-12/h1-6,10,13-15,17,19-20H,7-9H2,(H,16,18)/t13-,14-,15+/m1/s1. The summed E-state index contributed by atoms with van der Waals surface area (Å²) in [4.78, 5) is 7.07. The highest BCUT2D eigenvalue weighted by atomic mass is 32.2. The zero-order chi connectivity index (χ0) is 17.0. The van der Waals surface area contributed by atoms with Gasteiger partial charge in [-0.2, -0.15) is 0 Å². The molecule has 1 aliphatic rings. The number of benzene rings is 1. The highest BCUT2D eigenvalue weighted by molar-refractivity contribution is 7.89. The van der Waals surface area contributed by atoms with Crippen LogP contribution in [0.25, 0.3) is 0 Å². The van der Waals surface area contributed by atoms with Crippen molar-refractivity contribution in [3.05, 3.63) is 48.5 Å². The predicted octanol–water partition coefficient (Wildman–Crippen LogP) is -0.394. The van der Waals surface area contributed by atoms with Gasteiger partial charge in [0.1, 0.15) is 0 Å². The Morgan fingerprint density at radius 2 is 2.12 bits per heavy atom. The summed E-state index contributed by atoms with van der Waals surface area (Å²) >= 11 is 0. The van der Waals surface area contributed by atoms with Crippen LogP contribution in [0, 0.1) is 0 Å². The van der Waals surface area contributed by atoms with Crippen molar-refractivity contribution in [3.63, 3.8) is 0 Å². The van der Waals surface area contributed by atoms with Gasteiger partial charge in [-0.3, -0.25) is 0 Å². The van der Waals surface area contributed by atoms with Gasteiger partial charge >= 0.3 is 0 Å². The van der Waals surface area contributed by atoms with Crippen LogP contribution in [0.4, 0.5) is 0 Å². The van der Waals surface area contributed by atoms with Crippen LogP contribution >= 0.6 is 0 Å². The summed E-state index contributed by atoms with van der Waals surface area (Å²) in [6.07, 6.45) is 1.88. The molecule has 1 aromatic carbocycles. The maximum atomic E-state index is 12.2. The monoisotopic (exact) mass is 352 g/mol. The van der Waals surface area contributed by atoms with Crippen molar-refractivity contribution in [2.45, 2.75) is 29.7 Å². The van der Waals surface area contributed by atoms with Gasteiger partial charge in [-0.05, 0) is 12.1 Å². The summed E-state index contributed by atoms with van der Waals surface area (Å²) < 4.78 is 32.4. The number of rotatable bonds is 7. The van der Waals surface area contributed by atoms with E-state index in [4.69, 9.17) is 4.74 Å². The number of ether oxygens (including phenoxy) is 1. The molecule has 2 aromatic rings. The number of hydrogen-bond acceptors (Lipinski definition) is 6. The molecule has 8 nitrogen and oxygen atoms in total. The van der Waals surface area contributed by atoms with Gasteiger partial charge in [0.15, 0.2) is 0 Å². The lowest BCUT2D eigenvalue weighted by Gasteiger charge is -2.18. The van der Waals surface area contributed by atoms with E-state index in [0.29, 0.717) is 13.2 Å². The van der Waals surface area contributed by atoms with Gasteiger partial charge in [0.25, 0.3) is 0 Å². The Balaban J connectivity index is 1.51. The van der Waals surface area contributed by atoms with Crippen LogP contribution in [0.3, 0.4) is 0 Å². The zero-order valence-electron chi connectivity index (χ0n) is 12.9. The highest BCUT2D eigenvalue weighted by Crippen LogP contribution is 2.15. The first kappa shape index (κ1) is 17.1. The summed E-state index contributed by atoms with van der Waals surface area (Å²) in [5.74, 6) is 0. The van der Waals surface area contributed by atoms with Crippen LogP contribution in [0.2, 0.25) is 0 Å². The molecule has 0 aliphatic carbocycles. The topological polar surface area (TPSA) is 116 Å². The van der Waals surface area contributed by atoms with E-state index in [9.17, 15) is 13.5 Å². The van der Waals surface area contributed by atoms with Crippen molar-refractivity contribution in [3.8, 4) is 0 Å². The Bertz CT molecular complexity index is 736. The first-order valence-electron chi connectivity index (χ1n) is 7.61. The van der Waals surface area contributed by atoms with Crippen molar-refractivity contribution in [2.75, 3.05) is 13.2 Å². The number of nitrogens with zero attached hydrogens (tertiary/aromatic N) is 1. The van der Waals surface area contributed by atoms with Crippen LogP contribution in [-0.4, -0.2) is 54.9 Å². The predicted molar refractivity (Wildman–Crippen MR) is 86.6 cm³/mol. The number of imidazole rings is 1. The van der Waals surface area contributed by atoms with Crippen LogP contribution in [-0.2, 0) is 21.3 Å². The maximum Gasteiger partial charge on any atom is 0.240 e. The number of aliphatic hydroxyl groups excluding tert-OH is 1. The minimum absolute atomic E-state index is 0.0145. The molecule has 4 N–H and O–H groups in total. The van der Waals surface area contributed by atoms with Gasteiger partial charge < -0.3 is 20.1 Å². The van der Waals surface area contributed by atoms with E-state index in [2.05, 4.69) is 20.0 Å². The molecule has 0 radical (unpaired) electrons. The van der Waals surface area contributed by atoms with Gasteiger partial charge in [-0.25, -0.2) is 18.1 Å². The molecule has 1 fully saturated rings. The van der Waals surface area contributed by atoms with E-state index in [0.717, 1.165) is 5.69 Å². The van der Waals surface area contributed by atoms with Gasteiger partial charge in [0.05, 0.1) is 36.1 Å². The van der Waals surface area contributed by atoms with Crippen LogP contribution in [0.5, 0.6) is 0 Å². The number of sulfonamides is 1. The number of aromatic amines is 1. The SMILES string of the molecule is O=S(=O)(NC[C@H]1OC[C@@H](NCc2cnc[nH]2)[C@@H]1O)c1ccccc1. The summed E-state index contributed by atoms with van der Waals surface area (Å²) in [5.41, 5.74) is 0.899. The fraction of sp³-hybridized carbons (Fsp3) is 0.400. The Labute approximate surface area is 140 Å². The minimum atomic E-state index is -3.61. The Hall–Kier alpha value is -1.78. The molecule has 1 aromatic heterocycles. The first-order valence-corrected chi connectivity index (χ1v) is 9.09. The lowest BCUT2D eigenvalue weighted by atomic mass is 10.1. The number of H-pyrrole nitrogens is 1. The molecule has 3 rings (SSSR count). The van der Waals surface area contributed by atoms with Crippen LogP contribution in [0.15, 0.2) is 47.8 Å². The number of hydrogen-bond donors (Lipinski definition) is 4. The summed E-state index contributed by atoms with van der Waals surface area (Å²) in [5, 5.41) is 13.5. The van der Waals surface area contributed by atoms with Gasteiger partial charge in [-0.1, -0.05) is 18.2 Å². The quantitative estimate of drug-likeness (QED) is 0.539. The van der Waals surface area contributed by atoms with Gasteiger partial charge in [0, 0.05) is 25.0 Å². The fourth-order valence-corrected chi connectivity index (χ4v) is 3.61. The first-order chi connectivity index (χ1) is 11.6. The molecule has 0 saturated carbocycles. The van der Waals surface area contributed by atoms with E-state index in [1.165, 1.54) is 12.1 Å². The van der Waals surface area contributed by atoms with E-state index in [-0.39, 0.29) is 17.5 Å². The molecule has 0 unspecified atom stereocenters. The van der Waals surface area contributed by atoms with Crippen LogP contribution in [0.1, 0.15) is 5.69 Å². The van der Waals surface area contributed by atoms with Crippen molar-refractivity contribution >= 4 is 10.0 Å². The Morgan fingerprint density at radius 3 is 2.83 bits per heavy atom. The molecule has 0 bridgehead atoms. The molecule has 9 heteroatoms. The summed E-state index contributed by atoms with van der Waals surface area (Å²) in [6, 6.07) is 7.83. The van der Waals surface area contributed by atoms with Gasteiger partial charge in [0.2, 0.25) is 10.0 Å². The van der Waals surface area contributed by atoms with Crippen LogP contribution < -0.4 is 10.0 Å². The smallest absolute Gasteiger partial charge is 0.240 e. The molecule has 0 amide bonds. The fourth-order valence-electron chi connectivity index (χ4n) is 2.54. The molecule has 0 spiro atoms.